The molecule has 1 aromatic heterocycles. The number of nitrogens with zero attached hydrogens (tertiary/aromatic N) is 2. The summed E-state index contributed by atoms with van der Waals surface area (Å²) < 4.78 is 0. The lowest BCUT2D eigenvalue weighted by Crippen LogP contribution is -2.61. The summed E-state index contributed by atoms with van der Waals surface area (Å²) in [6.07, 6.45) is 3.15. The second kappa shape index (κ2) is 43.8. The number of unbranched alkanes of at least 4 members (excludes halogenated alkanes) is 1. The topological polar surface area (TPSA) is 513 Å². The number of imide groups is 1. The van der Waals surface area contributed by atoms with Crippen LogP contribution in [0, 0.1) is 5.92 Å². The van der Waals surface area contributed by atoms with E-state index in [0.717, 1.165) is 10.8 Å². The molecule has 3 heterocycles. The lowest BCUT2D eigenvalue weighted by atomic mass is 9.99. The normalized spacial score (nSPS) is 16.3. The van der Waals surface area contributed by atoms with E-state index in [-0.39, 0.29) is 94.1 Å². The number of likely N-dealkylation sites (tertiary alicyclic amines) is 1. The molecule has 4 aromatic carbocycles. The van der Waals surface area contributed by atoms with E-state index in [9.17, 15) is 72.2 Å². The SMILES string of the molecule is CC(=O)N[C@H](Cc1ccc2ccccc2c1)C(=O)N[C@H](Cc1ccc(Cl)cc1)C(=O)N[C@H](Cc1cccnc1)C(=O)N[C@@H](CO)C(=O)N[C@@H](Cc1ccc(NC(=O)[C@@H]2CC(=O)NC(=O)N2)cc1)C(=O)N[C@H](CCCNC(N)=O)C(=O)N[C@@H](CC(C)C)C(=O)N[C@@H](CCCCNC(C)C)C(=O)N1CCC[C@H]1C(=O)N[C@H](C)C(N)=O. The number of aromatic nitrogens is 1. The second-order valence-corrected chi connectivity index (χ2v) is 29.2. The first-order valence-corrected chi connectivity index (χ1v) is 38.0. The number of nitrogens with one attached hydrogen (secondary N) is 14. The van der Waals surface area contributed by atoms with Gasteiger partial charge in [-0.25, -0.2) is 9.59 Å². The predicted molar refractivity (Wildman–Crippen MR) is 418 cm³/mol. The van der Waals surface area contributed by atoms with Crippen LogP contribution in [0.1, 0.15) is 122 Å². The fourth-order valence-electron chi connectivity index (χ4n) is 12.8. The highest BCUT2D eigenvalue weighted by atomic mass is 35.5. The van der Waals surface area contributed by atoms with Gasteiger partial charge in [-0.3, -0.25) is 72.6 Å². The van der Waals surface area contributed by atoms with Crippen LogP contribution in [-0.2, 0) is 88.0 Å². The summed E-state index contributed by atoms with van der Waals surface area (Å²) in [6, 6.07) is 11.4. The number of halogens is 1. The lowest BCUT2D eigenvalue weighted by Gasteiger charge is -2.31. The van der Waals surface area contributed by atoms with Crippen molar-refractivity contribution in [2.45, 2.75) is 198 Å². The van der Waals surface area contributed by atoms with E-state index in [4.69, 9.17) is 23.1 Å². The molecule has 0 bridgehead atoms. The number of carbonyl (C=O) groups is 15. The number of benzene rings is 4. The fourth-order valence-corrected chi connectivity index (χ4v) is 13.0. The van der Waals surface area contributed by atoms with E-state index in [1.807, 2.05) is 61.6 Å². The van der Waals surface area contributed by atoms with E-state index in [1.165, 1.54) is 55.4 Å². The van der Waals surface area contributed by atoms with Crippen LogP contribution < -0.4 is 85.9 Å². The number of carbonyl (C=O) groups excluding carboxylic acids is 15. The van der Waals surface area contributed by atoms with Crippen LogP contribution in [0.3, 0.4) is 0 Å². The largest absolute Gasteiger partial charge is 0.394 e. The molecule has 0 radical (unpaired) electrons. The van der Waals surface area contributed by atoms with Crippen molar-refractivity contribution < 1.29 is 77.0 Å². The molecule has 2 saturated heterocycles. The van der Waals surface area contributed by atoms with Crippen molar-refractivity contribution in [3.8, 4) is 0 Å². The Bertz CT molecular complexity index is 4180. The minimum absolute atomic E-state index is 0.00692. The fraction of sp³-hybridized carbons (Fsp3) is 0.462. The molecule has 2 aliphatic heterocycles. The number of nitrogens with two attached hydrogens (primary N) is 2. The number of fused-ring (bicyclic) bond motifs is 1. The third-order valence-electron chi connectivity index (χ3n) is 18.8. The van der Waals surface area contributed by atoms with Gasteiger partial charge >= 0.3 is 12.1 Å². The van der Waals surface area contributed by atoms with E-state index >= 15 is 4.79 Å². The highest BCUT2D eigenvalue weighted by molar-refractivity contribution is 6.30. The zero-order chi connectivity index (χ0) is 82.4. The van der Waals surface area contributed by atoms with Gasteiger partial charge in [0.05, 0.1) is 13.0 Å². The smallest absolute Gasteiger partial charge is 0.322 e. The van der Waals surface area contributed by atoms with E-state index in [1.54, 1.807) is 50.2 Å². The molecule has 608 valence electrons. The van der Waals surface area contributed by atoms with Gasteiger partial charge in [0.1, 0.15) is 66.5 Å². The summed E-state index contributed by atoms with van der Waals surface area (Å²) in [6.45, 7) is 9.62. The molecular weight excluding hydrogens is 1480 g/mol. The molecule has 34 nitrogen and oxygen atoms in total. The van der Waals surface area contributed by atoms with Crippen molar-refractivity contribution in [3.63, 3.8) is 0 Å². The third kappa shape index (κ3) is 28.9. The Kier molecular flexibility index (Phi) is 34.3. The lowest BCUT2D eigenvalue weighted by molar-refractivity contribution is -0.142. The number of aliphatic hydroxyl groups is 1. The number of amides is 17. The molecule has 0 unspecified atom stereocenters. The molecule has 19 N–H and O–H groups in total. The van der Waals surface area contributed by atoms with Gasteiger partial charge < -0.3 is 90.6 Å². The maximum atomic E-state index is 15.2. The summed E-state index contributed by atoms with van der Waals surface area (Å²) in [5, 5.41) is 50.0. The molecule has 5 aromatic rings. The first-order chi connectivity index (χ1) is 53.8. The van der Waals surface area contributed by atoms with Crippen LogP contribution in [0.2, 0.25) is 5.02 Å². The maximum absolute atomic E-state index is 15.2. The number of pyridine rings is 1. The quantitative estimate of drug-likeness (QED) is 0.0233. The van der Waals surface area contributed by atoms with Gasteiger partial charge in [-0.2, -0.15) is 0 Å². The van der Waals surface area contributed by atoms with Crippen molar-refractivity contribution in [1.29, 1.82) is 0 Å². The van der Waals surface area contributed by atoms with Gasteiger partial charge in [0, 0.05) is 74.8 Å². The van der Waals surface area contributed by atoms with Crippen molar-refractivity contribution >= 4 is 117 Å². The van der Waals surface area contributed by atoms with Crippen molar-refractivity contribution in [1.82, 2.24) is 79.0 Å². The predicted octanol–water partition coefficient (Wildman–Crippen LogP) is 0.230. The third-order valence-corrected chi connectivity index (χ3v) is 19.0. The number of rotatable bonds is 42. The Balaban J connectivity index is 1.17. The second-order valence-electron chi connectivity index (χ2n) is 28.8. The number of urea groups is 2. The van der Waals surface area contributed by atoms with Crippen molar-refractivity contribution in [2.75, 3.05) is 31.6 Å². The Morgan fingerprint density at radius 1 is 0.566 bits per heavy atom. The molecule has 2 aliphatic rings. The number of aliphatic hydroxyl groups excluding tert-OH is 1. The van der Waals surface area contributed by atoms with Crippen LogP contribution in [0.4, 0.5) is 15.3 Å². The average molecular weight is 1580 g/mol. The molecule has 7 rings (SSSR count). The van der Waals surface area contributed by atoms with Crippen molar-refractivity contribution in [2.24, 2.45) is 17.4 Å². The van der Waals surface area contributed by atoms with Gasteiger partial charge in [-0.15, -0.1) is 0 Å². The first kappa shape index (κ1) is 88.6. The van der Waals surface area contributed by atoms with Gasteiger partial charge in [0.2, 0.25) is 76.8 Å². The van der Waals surface area contributed by atoms with E-state index in [2.05, 4.69) is 74.1 Å². The summed E-state index contributed by atoms with van der Waals surface area (Å²) in [5.41, 5.74) is 12.9. The highest BCUT2D eigenvalue weighted by Gasteiger charge is 2.41. The standard InChI is InChI=1S/C78H103ClN18O16/c1-43(2)34-57(69(104)89-56(17-9-10-31-83-44(3)4)76(111)97-33-13-19-64(97)75(110)85-45(5)66(80)101)90-67(102)55(18-12-32-84-77(81)112)88-71(106)59(37-48-23-28-54(29-24-48)87-68(103)62-40-65(100)96-78(113)95-62)93-74(109)63(42-98)94-73(108)61(39-50-14-11-30-82-41-50)92-72(107)60(36-47-21-26-53(79)27-22-47)91-70(105)58(86-46(6)99)38-49-20-25-51-15-7-8-16-52(51)35-49/h7-8,11,14-16,20-30,35,41,43-45,55-64,83,98H,9-10,12-13,17-19,31-34,36-40,42H2,1-6H3,(H2,80,101)(H,85,110)(H,86,99)(H,87,103)(H,88,106)(H,89,104)(H,90,102)(H,91,105)(H,92,107)(H,93,109)(H,94,108)(H3,81,84,112)(H2,95,96,100,113)/t45-,55-,56+,57+,58-,59+,60-,61-,62+,63+,64+/m1/s1. The number of hydrogen-bond acceptors (Lipinski definition) is 18. The molecule has 35 heteroatoms. The van der Waals surface area contributed by atoms with Gasteiger partial charge in [-0.1, -0.05) is 112 Å². The first-order valence-electron chi connectivity index (χ1n) is 37.6. The van der Waals surface area contributed by atoms with Gasteiger partial charge in [-0.05, 0) is 134 Å². The molecular formula is C78H103ClN18O16. The minimum atomic E-state index is -1.91. The highest BCUT2D eigenvalue weighted by Crippen LogP contribution is 2.23. The number of anilines is 1. The zero-order valence-electron chi connectivity index (χ0n) is 64.0. The Morgan fingerprint density at radius 2 is 1.10 bits per heavy atom. The van der Waals surface area contributed by atoms with Gasteiger partial charge in [0.15, 0.2) is 0 Å². The van der Waals surface area contributed by atoms with Crippen LogP contribution in [0.25, 0.3) is 10.8 Å². The summed E-state index contributed by atoms with van der Waals surface area (Å²) >= 11 is 6.25. The van der Waals surface area contributed by atoms with Crippen molar-refractivity contribution in [3.05, 3.63) is 143 Å². The van der Waals surface area contributed by atoms with Crippen LogP contribution in [-0.4, -0.2) is 203 Å². The van der Waals surface area contributed by atoms with E-state index in [0.29, 0.717) is 47.5 Å². The number of primary amides is 2. The summed E-state index contributed by atoms with van der Waals surface area (Å²) in [4.78, 5) is 212. The molecule has 0 spiro atoms. The van der Waals surface area contributed by atoms with Crippen LogP contribution in [0.15, 0.2) is 116 Å². The Labute approximate surface area is 659 Å². The summed E-state index contributed by atoms with van der Waals surface area (Å²) in [7, 11) is 0. The average Bonchev–Trinajstić information content (AvgIpc) is 1.72. The van der Waals surface area contributed by atoms with Crippen LogP contribution >= 0.6 is 11.6 Å². The summed E-state index contributed by atoms with van der Waals surface area (Å²) in [5.74, 6) is -10.9. The Hall–Kier alpha value is -11.6. The molecule has 11 atom stereocenters. The Morgan fingerprint density at radius 3 is 1.67 bits per heavy atom. The zero-order valence-corrected chi connectivity index (χ0v) is 64.7. The maximum Gasteiger partial charge on any atom is 0.322 e. The molecule has 0 saturated carbocycles. The van der Waals surface area contributed by atoms with E-state index < -0.39 is 168 Å². The minimum Gasteiger partial charge on any atom is -0.394 e. The molecule has 113 heavy (non-hydrogen) atoms. The molecule has 2 fully saturated rings. The number of hydrogen-bond donors (Lipinski definition) is 17. The van der Waals surface area contributed by atoms with Gasteiger partial charge in [0.25, 0.3) is 0 Å². The molecule has 17 amide bonds. The molecule has 0 aliphatic carbocycles. The monoisotopic (exact) mass is 1580 g/mol. The van der Waals surface area contributed by atoms with Crippen LogP contribution in [0.5, 0.6) is 0 Å².